The number of rotatable bonds is 1. The van der Waals surface area contributed by atoms with Crippen molar-refractivity contribution in [2.24, 2.45) is 11.8 Å². The van der Waals surface area contributed by atoms with Gasteiger partial charge in [0.2, 0.25) is 0 Å². The molecule has 5 heteroatoms. The van der Waals surface area contributed by atoms with Crippen LogP contribution < -0.4 is 0 Å². The Morgan fingerprint density at radius 2 is 2.33 bits per heavy atom. The van der Waals surface area contributed by atoms with E-state index in [0.717, 1.165) is 12.0 Å². The zero-order chi connectivity index (χ0) is 12.8. The topological polar surface area (TPSA) is 73.7 Å². The van der Waals surface area contributed by atoms with Crippen LogP contribution in [0.15, 0.2) is 24.5 Å². The Kier molecular flexibility index (Phi) is 2.52. The lowest BCUT2D eigenvalue weighted by Gasteiger charge is -2.30. The molecule has 0 bridgehead atoms. The van der Waals surface area contributed by atoms with Crippen molar-refractivity contribution >= 4 is 6.09 Å². The maximum absolute atomic E-state index is 11.0. The quantitative estimate of drug-likeness (QED) is 0.785. The molecule has 2 aliphatic rings. The summed E-state index contributed by atoms with van der Waals surface area (Å²) in [5, 5.41) is 19.9. The fourth-order valence-electron chi connectivity index (χ4n) is 3.43. The van der Waals surface area contributed by atoms with E-state index in [0.29, 0.717) is 19.5 Å². The molecule has 0 radical (unpaired) electrons. The van der Waals surface area contributed by atoms with E-state index < -0.39 is 11.7 Å². The van der Waals surface area contributed by atoms with Gasteiger partial charge in [-0.1, -0.05) is 6.07 Å². The largest absolute Gasteiger partial charge is 0.465 e. The smallest absolute Gasteiger partial charge is 0.407 e. The molecule has 1 saturated heterocycles. The van der Waals surface area contributed by atoms with E-state index in [1.165, 1.54) is 4.90 Å². The summed E-state index contributed by atoms with van der Waals surface area (Å²) in [5.41, 5.74) is -0.104. The molecule has 1 saturated carbocycles. The molecule has 1 amide bonds. The summed E-state index contributed by atoms with van der Waals surface area (Å²) in [4.78, 5) is 16.5. The number of carbonyl (C=O) groups is 1. The van der Waals surface area contributed by atoms with Gasteiger partial charge in [0.15, 0.2) is 0 Å². The van der Waals surface area contributed by atoms with Gasteiger partial charge in [0.25, 0.3) is 0 Å². The molecule has 0 aromatic carbocycles. The molecular formula is C13H16N2O3. The third kappa shape index (κ3) is 1.58. The van der Waals surface area contributed by atoms with Crippen LogP contribution in [0.25, 0.3) is 0 Å². The number of aromatic nitrogens is 1. The van der Waals surface area contributed by atoms with Crippen molar-refractivity contribution in [2.45, 2.75) is 18.4 Å². The van der Waals surface area contributed by atoms with Crippen LogP contribution in [0, 0.1) is 11.8 Å². The van der Waals surface area contributed by atoms with Crippen molar-refractivity contribution in [3.8, 4) is 0 Å². The number of hydrogen-bond acceptors (Lipinski definition) is 3. The highest BCUT2D eigenvalue weighted by atomic mass is 16.4. The van der Waals surface area contributed by atoms with Gasteiger partial charge in [0.05, 0.1) is 5.60 Å². The Labute approximate surface area is 105 Å². The Bertz CT molecular complexity index is 465. The van der Waals surface area contributed by atoms with Crippen molar-refractivity contribution in [3.63, 3.8) is 0 Å². The average Bonchev–Trinajstić information content (AvgIpc) is 2.93. The first-order valence-electron chi connectivity index (χ1n) is 6.22. The molecular weight excluding hydrogens is 232 g/mol. The van der Waals surface area contributed by atoms with E-state index in [9.17, 15) is 9.90 Å². The number of amides is 1. The highest BCUT2D eigenvalue weighted by Crippen LogP contribution is 2.50. The second kappa shape index (κ2) is 3.95. The number of carboxylic acid groups (broad SMARTS) is 1. The lowest BCUT2D eigenvalue weighted by Crippen LogP contribution is -2.36. The van der Waals surface area contributed by atoms with Gasteiger partial charge in [-0.2, -0.15) is 0 Å². The Hall–Kier alpha value is -1.62. The molecule has 2 fully saturated rings. The van der Waals surface area contributed by atoms with E-state index in [1.807, 2.05) is 12.1 Å². The summed E-state index contributed by atoms with van der Waals surface area (Å²) in [6, 6.07) is 3.68. The third-order valence-corrected chi connectivity index (χ3v) is 4.38. The second-order valence-electron chi connectivity index (χ2n) is 5.26. The summed E-state index contributed by atoms with van der Waals surface area (Å²) in [6.45, 7) is 0.966. The van der Waals surface area contributed by atoms with E-state index in [-0.39, 0.29) is 11.8 Å². The lowest BCUT2D eigenvalue weighted by atomic mass is 9.83. The average molecular weight is 248 g/mol. The van der Waals surface area contributed by atoms with Crippen LogP contribution in [0.5, 0.6) is 0 Å². The van der Waals surface area contributed by atoms with E-state index in [1.54, 1.807) is 12.4 Å². The predicted molar refractivity (Wildman–Crippen MR) is 63.9 cm³/mol. The van der Waals surface area contributed by atoms with Gasteiger partial charge in [-0.3, -0.25) is 4.98 Å². The van der Waals surface area contributed by atoms with E-state index in [2.05, 4.69) is 4.98 Å². The van der Waals surface area contributed by atoms with Gasteiger partial charge in [-0.25, -0.2) is 4.79 Å². The van der Waals surface area contributed by atoms with Gasteiger partial charge in [0.1, 0.15) is 0 Å². The minimum atomic E-state index is -0.914. The predicted octanol–water partition coefficient (Wildman–Crippen LogP) is 1.29. The third-order valence-electron chi connectivity index (χ3n) is 4.38. The Balaban J connectivity index is 1.89. The molecule has 96 valence electrons. The fraction of sp³-hybridized carbons (Fsp3) is 0.538. The normalized spacial score (nSPS) is 34.6. The summed E-state index contributed by atoms with van der Waals surface area (Å²) in [7, 11) is 0. The molecule has 2 heterocycles. The number of hydrogen-bond donors (Lipinski definition) is 2. The standard InChI is InChI=1S/C13H16N2O3/c16-12(17)15-7-9-3-4-13(18,11(9)8-15)10-2-1-5-14-6-10/h1-2,5-6,9,11,18H,3-4,7-8H2,(H,16,17). The number of aliphatic hydroxyl groups is 1. The molecule has 1 aromatic heterocycles. The zero-order valence-corrected chi connectivity index (χ0v) is 9.99. The molecule has 0 spiro atoms. The van der Waals surface area contributed by atoms with Gasteiger partial charge in [0, 0.05) is 37.0 Å². The summed E-state index contributed by atoms with van der Waals surface area (Å²) >= 11 is 0. The van der Waals surface area contributed by atoms with Crippen molar-refractivity contribution in [1.82, 2.24) is 9.88 Å². The van der Waals surface area contributed by atoms with Gasteiger partial charge in [-0.05, 0) is 24.8 Å². The van der Waals surface area contributed by atoms with Crippen LogP contribution >= 0.6 is 0 Å². The summed E-state index contributed by atoms with van der Waals surface area (Å²) < 4.78 is 0. The molecule has 3 atom stereocenters. The Morgan fingerprint density at radius 1 is 1.50 bits per heavy atom. The second-order valence-corrected chi connectivity index (χ2v) is 5.26. The van der Waals surface area contributed by atoms with Crippen LogP contribution in [-0.2, 0) is 5.60 Å². The van der Waals surface area contributed by atoms with Crippen LogP contribution in [0.3, 0.4) is 0 Å². The molecule has 1 aromatic rings. The number of fused-ring (bicyclic) bond motifs is 1. The summed E-state index contributed by atoms with van der Waals surface area (Å²) in [6.07, 6.45) is 4.04. The van der Waals surface area contributed by atoms with Crippen molar-refractivity contribution in [2.75, 3.05) is 13.1 Å². The molecule has 1 aliphatic heterocycles. The maximum Gasteiger partial charge on any atom is 0.407 e. The number of pyridine rings is 1. The van der Waals surface area contributed by atoms with Crippen LogP contribution in [0.2, 0.25) is 0 Å². The first-order valence-corrected chi connectivity index (χ1v) is 6.22. The minimum Gasteiger partial charge on any atom is -0.465 e. The number of likely N-dealkylation sites (tertiary alicyclic amines) is 1. The molecule has 1 aliphatic carbocycles. The van der Waals surface area contributed by atoms with Gasteiger partial charge in [-0.15, -0.1) is 0 Å². The maximum atomic E-state index is 11.0. The molecule has 2 N–H and O–H groups in total. The molecule has 3 rings (SSSR count). The summed E-state index contributed by atoms with van der Waals surface area (Å²) in [5.74, 6) is 0.268. The van der Waals surface area contributed by atoms with Crippen molar-refractivity contribution in [1.29, 1.82) is 0 Å². The highest BCUT2D eigenvalue weighted by Gasteiger charge is 2.53. The monoisotopic (exact) mass is 248 g/mol. The van der Waals surface area contributed by atoms with Crippen molar-refractivity contribution in [3.05, 3.63) is 30.1 Å². The minimum absolute atomic E-state index is 0.00204. The Morgan fingerprint density at radius 3 is 3.00 bits per heavy atom. The van der Waals surface area contributed by atoms with Gasteiger partial charge >= 0.3 is 6.09 Å². The van der Waals surface area contributed by atoms with Crippen LogP contribution in [0.1, 0.15) is 18.4 Å². The first-order chi connectivity index (χ1) is 8.61. The molecule has 18 heavy (non-hydrogen) atoms. The van der Waals surface area contributed by atoms with E-state index >= 15 is 0 Å². The van der Waals surface area contributed by atoms with Crippen LogP contribution in [0.4, 0.5) is 4.79 Å². The van der Waals surface area contributed by atoms with Crippen LogP contribution in [-0.4, -0.2) is 39.3 Å². The highest BCUT2D eigenvalue weighted by molar-refractivity contribution is 5.65. The molecule has 5 nitrogen and oxygen atoms in total. The van der Waals surface area contributed by atoms with Crippen molar-refractivity contribution < 1.29 is 15.0 Å². The molecule has 3 unspecified atom stereocenters. The van der Waals surface area contributed by atoms with Gasteiger partial charge < -0.3 is 15.1 Å². The SMILES string of the molecule is O=C(O)N1CC2CCC(O)(c3cccnc3)C2C1. The first kappa shape index (κ1) is 11.5. The number of nitrogens with zero attached hydrogens (tertiary/aromatic N) is 2. The zero-order valence-electron chi connectivity index (χ0n) is 9.99. The lowest BCUT2D eigenvalue weighted by molar-refractivity contribution is -0.00610. The van der Waals surface area contributed by atoms with E-state index in [4.69, 9.17) is 5.11 Å². The fourth-order valence-corrected chi connectivity index (χ4v) is 3.43.